The second kappa shape index (κ2) is 9.97. The van der Waals surface area contributed by atoms with Gasteiger partial charge in [0.05, 0.1) is 10.3 Å². The van der Waals surface area contributed by atoms with Crippen LogP contribution in [0.4, 0.5) is 0 Å². The third-order valence-electron chi connectivity index (χ3n) is 5.61. The lowest BCUT2D eigenvalue weighted by Gasteiger charge is -2.31. The van der Waals surface area contributed by atoms with Crippen molar-refractivity contribution in [1.82, 2.24) is 0 Å². The molecular formula is C25H28N4O3S. The number of carbonyl (C=O) groups excluding carboxylic acids is 1. The van der Waals surface area contributed by atoms with E-state index in [1.165, 1.54) is 6.07 Å². The zero-order valence-corrected chi connectivity index (χ0v) is 19.3. The van der Waals surface area contributed by atoms with Crippen LogP contribution >= 0.6 is 0 Å². The van der Waals surface area contributed by atoms with E-state index in [2.05, 4.69) is 4.99 Å². The van der Waals surface area contributed by atoms with Crippen molar-refractivity contribution in [3.8, 4) is 11.1 Å². The van der Waals surface area contributed by atoms with Gasteiger partial charge in [-0.2, -0.15) is 4.99 Å². The summed E-state index contributed by atoms with van der Waals surface area (Å²) in [7, 11) is -3.90. The summed E-state index contributed by atoms with van der Waals surface area (Å²) in [5.74, 6) is -0.696. The van der Waals surface area contributed by atoms with Gasteiger partial charge in [0, 0.05) is 5.56 Å². The molecule has 0 saturated carbocycles. The highest BCUT2D eigenvalue weighted by Crippen LogP contribution is 2.37. The Balaban J connectivity index is 2.14. The van der Waals surface area contributed by atoms with Crippen LogP contribution in [0.3, 0.4) is 0 Å². The molecule has 3 rings (SSSR count). The summed E-state index contributed by atoms with van der Waals surface area (Å²) < 4.78 is 24.1. The van der Waals surface area contributed by atoms with E-state index >= 15 is 0 Å². The normalized spacial score (nSPS) is 13.2. The van der Waals surface area contributed by atoms with E-state index in [1.807, 2.05) is 49.4 Å². The SMILES string of the molecule is CCCC(Cc1ccccc1)(C(=O)N=C(N)N)c1ccc(-c2ccccc2S(N)(=O)=O)cc1. The zero-order chi connectivity index (χ0) is 24.1. The minimum absolute atomic E-state index is 0.0402. The lowest BCUT2D eigenvalue weighted by atomic mass is 9.71. The number of amides is 1. The zero-order valence-electron chi connectivity index (χ0n) is 18.4. The molecule has 0 aliphatic heterocycles. The monoisotopic (exact) mass is 464 g/mol. The fourth-order valence-electron chi connectivity index (χ4n) is 4.16. The van der Waals surface area contributed by atoms with Gasteiger partial charge in [0.1, 0.15) is 0 Å². The first-order chi connectivity index (χ1) is 15.7. The van der Waals surface area contributed by atoms with Crippen molar-refractivity contribution >= 4 is 21.9 Å². The van der Waals surface area contributed by atoms with Crippen molar-refractivity contribution < 1.29 is 13.2 Å². The Morgan fingerprint density at radius 2 is 1.52 bits per heavy atom. The minimum atomic E-state index is -3.90. The van der Waals surface area contributed by atoms with Crippen molar-refractivity contribution in [2.24, 2.45) is 21.6 Å². The van der Waals surface area contributed by atoms with Crippen molar-refractivity contribution in [3.05, 3.63) is 90.0 Å². The Kier molecular flexibility index (Phi) is 7.30. The minimum Gasteiger partial charge on any atom is -0.370 e. The van der Waals surface area contributed by atoms with Gasteiger partial charge in [0.15, 0.2) is 5.96 Å². The van der Waals surface area contributed by atoms with E-state index in [1.54, 1.807) is 30.3 Å². The molecule has 1 unspecified atom stereocenters. The number of guanidine groups is 1. The second-order valence-electron chi connectivity index (χ2n) is 7.95. The van der Waals surface area contributed by atoms with Gasteiger partial charge in [-0.05, 0) is 35.6 Å². The van der Waals surface area contributed by atoms with Gasteiger partial charge in [-0.15, -0.1) is 0 Å². The molecule has 33 heavy (non-hydrogen) atoms. The molecule has 0 heterocycles. The molecule has 0 radical (unpaired) electrons. The van der Waals surface area contributed by atoms with Gasteiger partial charge in [-0.1, -0.05) is 86.1 Å². The highest BCUT2D eigenvalue weighted by Gasteiger charge is 2.39. The number of aliphatic imine (C=N–C) groups is 1. The molecule has 8 heteroatoms. The number of sulfonamides is 1. The molecule has 0 aliphatic rings. The van der Waals surface area contributed by atoms with Crippen LogP contribution in [0.1, 0.15) is 30.9 Å². The molecule has 0 aromatic heterocycles. The topological polar surface area (TPSA) is 142 Å². The third-order valence-corrected chi connectivity index (χ3v) is 6.58. The first-order valence-electron chi connectivity index (χ1n) is 10.6. The maximum absolute atomic E-state index is 13.4. The average Bonchev–Trinajstić information content (AvgIpc) is 2.78. The first kappa shape index (κ1) is 24.2. The first-order valence-corrected chi connectivity index (χ1v) is 12.1. The molecule has 6 N–H and O–H groups in total. The molecule has 7 nitrogen and oxygen atoms in total. The maximum Gasteiger partial charge on any atom is 0.259 e. The van der Waals surface area contributed by atoms with Gasteiger partial charge < -0.3 is 11.5 Å². The molecule has 3 aromatic rings. The van der Waals surface area contributed by atoms with Crippen molar-refractivity contribution in [2.45, 2.75) is 36.5 Å². The van der Waals surface area contributed by atoms with Crippen LogP contribution in [0, 0.1) is 0 Å². The van der Waals surface area contributed by atoms with Gasteiger partial charge in [0.2, 0.25) is 10.0 Å². The summed E-state index contributed by atoms with van der Waals surface area (Å²) in [4.78, 5) is 17.3. The number of rotatable bonds is 8. The third kappa shape index (κ3) is 5.47. The average molecular weight is 465 g/mol. The molecule has 3 aromatic carbocycles. The number of benzene rings is 3. The summed E-state index contributed by atoms with van der Waals surface area (Å²) in [6.07, 6.45) is 1.68. The van der Waals surface area contributed by atoms with Crippen LogP contribution in [0.5, 0.6) is 0 Å². The predicted octanol–water partition coefficient (Wildman–Crippen LogP) is 3.08. The molecule has 1 amide bonds. The van der Waals surface area contributed by atoms with E-state index in [9.17, 15) is 13.2 Å². The van der Waals surface area contributed by atoms with Crippen molar-refractivity contribution in [2.75, 3.05) is 0 Å². The fourth-order valence-corrected chi connectivity index (χ4v) is 4.92. The quantitative estimate of drug-likeness (QED) is 0.347. The molecule has 0 bridgehead atoms. The predicted molar refractivity (Wildman–Crippen MR) is 131 cm³/mol. The van der Waals surface area contributed by atoms with Crippen LogP contribution < -0.4 is 16.6 Å². The van der Waals surface area contributed by atoms with E-state index in [0.717, 1.165) is 17.5 Å². The number of nitrogens with two attached hydrogens (primary N) is 3. The largest absolute Gasteiger partial charge is 0.370 e. The van der Waals surface area contributed by atoms with Crippen LogP contribution in [-0.4, -0.2) is 20.3 Å². The Labute approximate surface area is 194 Å². The maximum atomic E-state index is 13.4. The van der Waals surface area contributed by atoms with Crippen LogP contribution in [0.25, 0.3) is 11.1 Å². The Hall–Kier alpha value is -3.49. The van der Waals surface area contributed by atoms with Gasteiger partial charge in [-0.25, -0.2) is 13.6 Å². The van der Waals surface area contributed by atoms with E-state index in [4.69, 9.17) is 16.6 Å². The molecule has 0 aliphatic carbocycles. The van der Waals surface area contributed by atoms with E-state index in [-0.39, 0.29) is 10.9 Å². The van der Waals surface area contributed by atoms with Gasteiger partial charge >= 0.3 is 0 Å². The lowest BCUT2D eigenvalue weighted by Crippen LogP contribution is -2.39. The lowest BCUT2D eigenvalue weighted by molar-refractivity contribution is -0.123. The summed E-state index contributed by atoms with van der Waals surface area (Å²) in [6, 6.07) is 23.5. The highest BCUT2D eigenvalue weighted by molar-refractivity contribution is 7.89. The Morgan fingerprint density at radius 3 is 2.09 bits per heavy atom. The van der Waals surface area contributed by atoms with E-state index < -0.39 is 21.3 Å². The second-order valence-corrected chi connectivity index (χ2v) is 9.48. The highest BCUT2D eigenvalue weighted by atomic mass is 32.2. The van der Waals surface area contributed by atoms with Crippen LogP contribution in [-0.2, 0) is 26.7 Å². The molecule has 172 valence electrons. The number of carbonyl (C=O) groups is 1. The molecule has 0 spiro atoms. The molecule has 0 saturated heterocycles. The van der Waals surface area contributed by atoms with Gasteiger partial charge in [-0.3, -0.25) is 4.79 Å². The summed E-state index contributed by atoms with van der Waals surface area (Å²) in [5, 5.41) is 5.39. The number of primary sulfonamides is 1. The van der Waals surface area contributed by atoms with Crippen LogP contribution in [0.15, 0.2) is 88.8 Å². The molecule has 1 atom stereocenters. The Bertz CT molecular complexity index is 1250. The summed E-state index contributed by atoms with van der Waals surface area (Å²) in [5.41, 5.74) is 13.0. The standard InChI is InChI=1S/C25H28N4O3S/c1-2-16-25(23(30)29-24(26)27,17-18-8-4-3-5-9-18)20-14-12-19(13-15-20)21-10-6-7-11-22(21)33(28,31)32/h3-15H,2,16-17H2,1H3,(H2,28,31,32)(H4,26,27,29,30). The molecular weight excluding hydrogens is 436 g/mol. The molecule has 0 fully saturated rings. The summed E-state index contributed by atoms with van der Waals surface area (Å²) >= 11 is 0. The van der Waals surface area contributed by atoms with Crippen molar-refractivity contribution in [1.29, 1.82) is 0 Å². The smallest absolute Gasteiger partial charge is 0.259 e. The van der Waals surface area contributed by atoms with Gasteiger partial charge in [0.25, 0.3) is 5.91 Å². The van der Waals surface area contributed by atoms with Crippen LogP contribution in [0.2, 0.25) is 0 Å². The van der Waals surface area contributed by atoms with Crippen molar-refractivity contribution in [3.63, 3.8) is 0 Å². The summed E-state index contributed by atoms with van der Waals surface area (Å²) in [6.45, 7) is 2.00. The number of nitrogens with zero attached hydrogens (tertiary/aromatic N) is 1. The number of hydrogen-bond acceptors (Lipinski definition) is 3. The number of hydrogen-bond donors (Lipinski definition) is 3. The van der Waals surface area contributed by atoms with E-state index in [0.29, 0.717) is 24.0 Å². The Morgan fingerprint density at radius 1 is 0.909 bits per heavy atom. The fraction of sp³-hybridized carbons (Fsp3) is 0.200.